The van der Waals surface area contributed by atoms with Crippen LogP contribution in [0.3, 0.4) is 0 Å². The highest BCUT2D eigenvalue weighted by atomic mass is 19.3. The van der Waals surface area contributed by atoms with E-state index >= 15 is 0 Å². The van der Waals surface area contributed by atoms with Gasteiger partial charge in [0.2, 0.25) is 0 Å². The molecule has 1 N–H and O–H groups in total. The number of alkyl halides is 2. The number of nitrogens with one attached hydrogen (secondary N) is 1. The summed E-state index contributed by atoms with van der Waals surface area (Å²) in [6, 6.07) is 0.00139. The minimum Gasteiger partial charge on any atom is -0.348 e. The molecule has 1 aliphatic carbocycles. The van der Waals surface area contributed by atoms with Crippen LogP contribution in [-0.4, -0.2) is 18.4 Å². The van der Waals surface area contributed by atoms with Gasteiger partial charge in [-0.05, 0) is 12.3 Å². The summed E-state index contributed by atoms with van der Waals surface area (Å²) in [5.74, 6) is -0.767. The molecule has 0 saturated heterocycles. The molecule has 1 amide bonds. The van der Waals surface area contributed by atoms with E-state index in [4.69, 9.17) is 0 Å². The molecular weight excluding hydrogens is 140 g/mol. The molecular formula is C6H9F2NO. The first-order valence-electron chi connectivity index (χ1n) is 3.20. The average molecular weight is 149 g/mol. The third-order valence-corrected chi connectivity index (χ3v) is 1.64. The van der Waals surface area contributed by atoms with Gasteiger partial charge in [-0.15, -0.1) is 0 Å². The van der Waals surface area contributed by atoms with Gasteiger partial charge in [-0.1, -0.05) is 6.92 Å². The van der Waals surface area contributed by atoms with Gasteiger partial charge in [-0.3, -0.25) is 4.79 Å². The number of hydrogen-bond donors (Lipinski definition) is 1. The zero-order valence-corrected chi connectivity index (χ0v) is 5.60. The van der Waals surface area contributed by atoms with E-state index in [1.54, 1.807) is 0 Å². The first-order valence-corrected chi connectivity index (χ1v) is 3.20. The van der Waals surface area contributed by atoms with Gasteiger partial charge in [0.1, 0.15) is 0 Å². The zero-order chi connectivity index (χ0) is 7.72. The maximum absolute atomic E-state index is 11.5. The molecule has 0 aromatic carbocycles. The minimum atomic E-state index is -2.87. The van der Waals surface area contributed by atoms with Crippen LogP contribution in [-0.2, 0) is 4.79 Å². The third kappa shape index (κ3) is 1.65. The Morgan fingerprint density at radius 2 is 2.20 bits per heavy atom. The average Bonchev–Trinajstić information content (AvgIpc) is 2.46. The molecule has 0 aromatic rings. The van der Waals surface area contributed by atoms with E-state index in [0.29, 0.717) is 5.92 Å². The Hall–Kier alpha value is -0.670. The smallest absolute Gasteiger partial charge is 0.315 e. The summed E-state index contributed by atoms with van der Waals surface area (Å²) in [5, 5.41) is 2.21. The summed E-state index contributed by atoms with van der Waals surface area (Å²) < 4.78 is 23.1. The topological polar surface area (TPSA) is 29.1 Å². The molecule has 58 valence electrons. The molecule has 1 aliphatic rings. The van der Waals surface area contributed by atoms with Gasteiger partial charge >= 0.3 is 6.43 Å². The van der Waals surface area contributed by atoms with Crippen molar-refractivity contribution in [3.63, 3.8) is 0 Å². The molecule has 0 spiro atoms. The second-order valence-corrected chi connectivity index (χ2v) is 2.63. The van der Waals surface area contributed by atoms with Gasteiger partial charge in [0, 0.05) is 6.04 Å². The Morgan fingerprint density at radius 1 is 1.70 bits per heavy atom. The van der Waals surface area contributed by atoms with Crippen molar-refractivity contribution in [2.45, 2.75) is 25.8 Å². The van der Waals surface area contributed by atoms with Crippen LogP contribution in [0.2, 0.25) is 0 Å². The second-order valence-electron chi connectivity index (χ2n) is 2.63. The Morgan fingerprint density at radius 3 is 2.50 bits per heavy atom. The normalized spacial score (nSPS) is 30.4. The van der Waals surface area contributed by atoms with Crippen LogP contribution in [0, 0.1) is 5.92 Å². The van der Waals surface area contributed by atoms with Crippen molar-refractivity contribution in [1.82, 2.24) is 5.32 Å². The predicted molar refractivity (Wildman–Crippen MR) is 31.7 cm³/mol. The highest BCUT2D eigenvalue weighted by Gasteiger charge is 2.35. The third-order valence-electron chi connectivity index (χ3n) is 1.64. The van der Waals surface area contributed by atoms with E-state index in [0.717, 1.165) is 6.42 Å². The van der Waals surface area contributed by atoms with Crippen molar-refractivity contribution in [3.8, 4) is 0 Å². The Kier molecular flexibility index (Phi) is 1.87. The molecule has 0 aromatic heterocycles. The van der Waals surface area contributed by atoms with Crippen molar-refractivity contribution in [3.05, 3.63) is 0 Å². The monoisotopic (exact) mass is 149 g/mol. The van der Waals surface area contributed by atoms with Gasteiger partial charge in [0.25, 0.3) is 5.91 Å². The van der Waals surface area contributed by atoms with Gasteiger partial charge in [0.05, 0.1) is 0 Å². The second kappa shape index (κ2) is 2.52. The van der Waals surface area contributed by atoms with E-state index in [9.17, 15) is 13.6 Å². The lowest BCUT2D eigenvalue weighted by atomic mass is 10.4. The van der Waals surface area contributed by atoms with Gasteiger partial charge in [-0.25, -0.2) is 0 Å². The number of rotatable bonds is 2. The van der Waals surface area contributed by atoms with Crippen molar-refractivity contribution >= 4 is 5.91 Å². The molecule has 0 bridgehead atoms. The van der Waals surface area contributed by atoms with Crippen LogP contribution in [0.25, 0.3) is 0 Å². The van der Waals surface area contributed by atoms with Crippen LogP contribution in [0.15, 0.2) is 0 Å². The number of carbonyl (C=O) groups excluding carboxylic acids is 1. The molecule has 1 rings (SSSR count). The van der Waals surface area contributed by atoms with Crippen LogP contribution in [0.4, 0.5) is 8.78 Å². The van der Waals surface area contributed by atoms with E-state index in [2.05, 4.69) is 5.32 Å². The Labute approximate surface area is 57.6 Å². The Bertz CT molecular complexity index is 149. The molecule has 4 heteroatoms. The van der Waals surface area contributed by atoms with E-state index < -0.39 is 12.3 Å². The largest absolute Gasteiger partial charge is 0.348 e. The molecule has 0 radical (unpaired) electrons. The van der Waals surface area contributed by atoms with Crippen LogP contribution in [0.1, 0.15) is 13.3 Å². The number of carbonyl (C=O) groups is 1. The fourth-order valence-corrected chi connectivity index (χ4v) is 0.769. The van der Waals surface area contributed by atoms with Gasteiger partial charge in [0.15, 0.2) is 0 Å². The van der Waals surface area contributed by atoms with Crippen LogP contribution < -0.4 is 5.32 Å². The summed E-state index contributed by atoms with van der Waals surface area (Å²) >= 11 is 0. The van der Waals surface area contributed by atoms with Crippen molar-refractivity contribution in [1.29, 1.82) is 0 Å². The van der Waals surface area contributed by atoms with Gasteiger partial charge in [-0.2, -0.15) is 8.78 Å². The molecule has 0 unspecified atom stereocenters. The molecule has 1 fully saturated rings. The fourth-order valence-electron chi connectivity index (χ4n) is 0.769. The van der Waals surface area contributed by atoms with E-state index in [1.807, 2.05) is 6.92 Å². The zero-order valence-electron chi connectivity index (χ0n) is 5.60. The number of amides is 1. The number of hydrogen-bond acceptors (Lipinski definition) is 1. The minimum absolute atomic E-state index is 0.00139. The number of halogens is 2. The summed E-state index contributed by atoms with van der Waals surface area (Å²) in [7, 11) is 0. The first-order chi connectivity index (χ1) is 4.61. The van der Waals surface area contributed by atoms with Crippen molar-refractivity contribution in [2.75, 3.05) is 0 Å². The summed E-state index contributed by atoms with van der Waals surface area (Å²) in [4.78, 5) is 10.3. The van der Waals surface area contributed by atoms with E-state index in [1.165, 1.54) is 0 Å². The molecule has 0 heterocycles. The maximum Gasteiger partial charge on any atom is 0.315 e. The quantitative estimate of drug-likeness (QED) is 0.617. The fraction of sp³-hybridized carbons (Fsp3) is 0.833. The molecule has 10 heavy (non-hydrogen) atoms. The molecule has 2 nitrogen and oxygen atoms in total. The lowest BCUT2D eigenvalue weighted by Gasteiger charge is -2.00. The standard InChI is InChI=1S/C6H9F2NO/c1-3-2-4(3)9-6(10)5(7)8/h3-5H,2H2,1H3,(H,9,10)/t3-,4-/m1/s1. The van der Waals surface area contributed by atoms with Crippen molar-refractivity contribution in [2.24, 2.45) is 5.92 Å². The molecule has 0 aliphatic heterocycles. The summed E-state index contributed by atoms with van der Waals surface area (Å²) in [6.45, 7) is 1.91. The summed E-state index contributed by atoms with van der Waals surface area (Å²) in [6.07, 6.45) is -2.04. The predicted octanol–water partition coefficient (Wildman–Crippen LogP) is 0.776. The molecule has 2 atom stereocenters. The highest BCUT2D eigenvalue weighted by Crippen LogP contribution is 2.28. The molecule has 1 saturated carbocycles. The lowest BCUT2D eigenvalue weighted by molar-refractivity contribution is -0.131. The van der Waals surface area contributed by atoms with Crippen LogP contribution in [0.5, 0.6) is 0 Å². The lowest BCUT2D eigenvalue weighted by Crippen LogP contribution is -2.31. The highest BCUT2D eigenvalue weighted by molar-refractivity contribution is 5.79. The van der Waals surface area contributed by atoms with Crippen LogP contribution >= 0.6 is 0 Å². The van der Waals surface area contributed by atoms with E-state index in [-0.39, 0.29) is 6.04 Å². The SMILES string of the molecule is C[C@@H]1C[C@H]1NC(=O)C(F)F. The van der Waals surface area contributed by atoms with Gasteiger partial charge < -0.3 is 5.32 Å². The maximum atomic E-state index is 11.5. The first kappa shape index (κ1) is 7.44. The Balaban J connectivity index is 2.20. The van der Waals surface area contributed by atoms with Crippen molar-refractivity contribution < 1.29 is 13.6 Å². The summed E-state index contributed by atoms with van der Waals surface area (Å²) in [5.41, 5.74) is 0.